The van der Waals surface area contributed by atoms with E-state index in [1.54, 1.807) is 17.0 Å². The number of fused-ring (bicyclic) bond motifs is 1. The Balaban J connectivity index is 1.77. The van der Waals surface area contributed by atoms with Gasteiger partial charge in [0, 0.05) is 31.4 Å². The van der Waals surface area contributed by atoms with Crippen LogP contribution in [0.15, 0.2) is 41.3 Å². The van der Waals surface area contributed by atoms with Crippen LogP contribution >= 0.6 is 0 Å². The molecule has 3 rings (SSSR count). The highest BCUT2D eigenvalue weighted by molar-refractivity contribution is 7.89. The Labute approximate surface area is 177 Å². The number of rotatable bonds is 5. The largest absolute Gasteiger partial charge is 0.325 e. The van der Waals surface area contributed by atoms with Crippen molar-refractivity contribution in [2.45, 2.75) is 45.1 Å². The van der Waals surface area contributed by atoms with E-state index in [-0.39, 0.29) is 23.4 Å². The second-order valence-electron chi connectivity index (χ2n) is 7.86. The van der Waals surface area contributed by atoms with Crippen molar-refractivity contribution in [1.29, 1.82) is 0 Å². The van der Waals surface area contributed by atoms with Gasteiger partial charge in [-0.15, -0.1) is 0 Å². The first kappa shape index (κ1) is 22.0. The molecular formula is C22H27N3O4S. The molecule has 2 aromatic rings. The molecule has 1 aliphatic rings. The van der Waals surface area contributed by atoms with Gasteiger partial charge in [-0.3, -0.25) is 9.59 Å². The van der Waals surface area contributed by atoms with Gasteiger partial charge in [0.05, 0.1) is 11.4 Å². The van der Waals surface area contributed by atoms with Crippen molar-refractivity contribution in [1.82, 2.24) is 4.31 Å². The zero-order valence-corrected chi connectivity index (χ0v) is 18.7. The monoisotopic (exact) mass is 429 g/mol. The van der Waals surface area contributed by atoms with Gasteiger partial charge in [-0.05, 0) is 68.1 Å². The third kappa shape index (κ3) is 4.24. The van der Waals surface area contributed by atoms with E-state index < -0.39 is 15.9 Å². The van der Waals surface area contributed by atoms with E-state index in [1.807, 2.05) is 39.0 Å². The first-order valence-corrected chi connectivity index (χ1v) is 11.2. The Bertz CT molecular complexity index is 1110. The van der Waals surface area contributed by atoms with Crippen LogP contribution in [0.1, 0.15) is 30.5 Å². The predicted molar refractivity (Wildman–Crippen MR) is 117 cm³/mol. The fourth-order valence-electron chi connectivity index (χ4n) is 3.78. The van der Waals surface area contributed by atoms with Gasteiger partial charge in [-0.1, -0.05) is 12.1 Å². The lowest BCUT2D eigenvalue weighted by Gasteiger charge is -2.21. The number of hydrogen-bond acceptors (Lipinski definition) is 4. The smallest absolute Gasteiger partial charge is 0.243 e. The molecule has 160 valence electrons. The van der Waals surface area contributed by atoms with E-state index in [2.05, 4.69) is 5.32 Å². The molecule has 8 heteroatoms. The van der Waals surface area contributed by atoms with Crippen LogP contribution < -0.4 is 10.2 Å². The number of anilines is 2. The molecule has 0 aliphatic carbocycles. The average Bonchev–Trinajstić information content (AvgIpc) is 2.99. The number of likely N-dealkylation sites (N-methyl/N-ethyl adjacent to an activating group) is 1. The van der Waals surface area contributed by atoms with Gasteiger partial charge in [0.1, 0.15) is 0 Å². The molecule has 0 aromatic heterocycles. The van der Waals surface area contributed by atoms with Crippen LogP contribution in [0.3, 0.4) is 0 Å². The predicted octanol–water partition coefficient (Wildman–Crippen LogP) is 2.86. The summed E-state index contributed by atoms with van der Waals surface area (Å²) in [6.45, 7) is 6.93. The summed E-state index contributed by atoms with van der Waals surface area (Å²) in [6, 6.07) is 10.4. The Morgan fingerprint density at radius 3 is 2.53 bits per heavy atom. The Morgan fingerprint density at radius 1 is 1.17 bits per heavy atom. The molecule has 0 spiro atoms. The summed E-state index contributed by atoms with van der Waals surface area (Å²) in [7, 11) is -2.47. The van der Waals surface area contributed by atoms with Crippen LogP contribution in [0.5, 0.6) is 0 Å². The lowest BCUT2D eigenvalue weighted by molar-refractivity contribution is -0.117. The van der Waals surface area contributed by atoms with E-state index in [0.717, 1.165) is 26.7 Å². The first-order valence-electron chi connectivity index (χ1n) is 9.77. The Kier molecular flexibility index (Phi) is 6.01. The van der Waals surface area contributed by atoms with E-state index in [1.165, 1.54) is 20.0 Å². The van der Waals surface area contributed by atoms with Crippen LogP contribution in [0.25, 0.3) is 0 Å². The number of nitrogens with zero attached hydrogens (tertiary/aromatic N) is 2. The van der Waals surface area contributed by atoms with Gasteiger partial charge in [0.2, 0.25) is 21.8 Å². The number of nitrogens with one attached hydrogen (secondary N) is 1. The highest BCUT2D eigenvalue weighted by Gasteiger charge is 2.31. The highest BCUT2D eigenvalue weighted by Crippen LogP contribution is 2.34. The van der Waals surface area contributed by atoms with Crippen molar-refractivity contribution < 1.29 is 18.0 Å². The summed E-state index contributed by atoms with van der Waals surface area (Å²) >= 11 is 0. The molecule has 1 aliphatic heterocycles. The molecule has 0 fully saturated rings. The van der Waals surface area contributed by atoms with Crippen molar-refractivity contribution in [2.75, 3.05) is 23.8 Å². The highest BCUT2D eigenvalue weighted by atomic mass is 32.2. The second kappa shape index (κ2) is 8.20. The number of carbonyl (C=O) groups excluding carboxylic acids is 2. The zero-order valence-electron chi connectivity index (χ0n) is 17.9. The van der Waals surface area contributed by atoms with Crippen molar-refractivity contribution >= 4 is 33.2 Å². The van der Waals surface area contributed by atoms with Crippen LogP contribution in [-0.2, 0) is 26.0 Å². The lowest BCUT2D eigenvalue weighted by Crippen LogP contribution is -2.35. The molecule has 1 N–H and O–H groups in total. The van der Waals surface area contributed by atoms with Gasteiger partial charge in [-0.25, -0.2) is 8.42 Å². The van der Waals surface area contributed by atoms with Crippen LogP contribution in [-0.4, -0.2) is 44.2 Å². The van der Waals surface area contributed by atoms with Gasteiger partial charge < -0.3 is 10.2 Å². The first-order chi connectivity index (χ1) is 14.0. The summed E-state index contributed by atoms with van der Waals surface area (Å²) in [5, 5.41) is 2.78. The van der Waals surface area contributed by atoms with Crippen molar-refractivity contribution in [3.8, 4) is 0 Å². The molecule has 0 saturated carbocycles. The van der Waals surface area contributed by atoms with E-state index in [0.29, 0.717) is 12.1 Å². The fraction of sp³-hybridized carbons (Fsp3) is 0.364. The van der Waals surface area contributed by atoms with Crippen molar-refractivity contribution in [2.24, 2.45) is 0 Å². The van der Waals surface area contributed by atoms with Gasteiger partial charge in [0.15, 0.2) is 0 Å². The lowest BCUT2D eigenvalue weighted by atomic mass is 10.1. The number of carbonyl (C=O) groups is 2. The maximum atomic E-state index is 13.0. The maximum absolute atomic E-state index is 13.0. The van der Waals surface area contributed by atoms with E-state index in [9.17, 15) is 18.0 Å². The molecule has 0 radical (unpaired) electrons. The molecule has 1 atom stereocenters. The van der Waals surface area contributed by atoms with Crippen LogP contribution in [0.4, 0.5) is 11.4 Å². The van der Waals surface area contributed by atoms with E-state index >= 15 is 0 Å². The molecule has 0 saturated heterocycles. The minimum absolute atomic E-state index is 0.0171. The SMILES string of the molecule is CC(=O)N1c2ccc(S(=O)(=O)N(C)CC(=O)Nc3cc(C)ccc3C)cc2C[C@@H]1C. The normalized spacial score (nSPS) is 15.9. The standard InChI is InChI=1S/C22H27N3O4S/c1-14-6-7-15(2)20(10-14)23-22(27)13-24(5)30(28,29)19-8-9-21-18(12-19)11-16(3)25(21)17(4)26/h6-10,12,16H,11,13H2,1-5H3,(H,23,27)/t16-/m0/s1. The maximum Gasteiger partial charge on any atom is 0.243 e. The fourth-order valence-corrected chi connectivity index (χ4v) is 4.95. The minimum Gasteiger partial charge on any atom is -0.325 e. The Hall–Kier alpha value is -2.71. The summed E-state index contributed by atoms with van der Waals surface area (Å²) < 4.78 is 27.0. The van der Waals surface area contributed by atoms with Crippen LogP contribution in [0, 0.1) is 13.8 Å². The third-order valence-corrected chi connectivity index (χ3v) is 7.15. The summed E-state index contributed by atoms with van der Waals surface area (Å²) in [5.74, 6) is -0.482. The molecule has 2 aromatic carbocycles. The van der Waals surface area contributed by atoms with E-state index in [4.69, 9.17) is 0 Å². The Morgan fingerprint density at radius 2 is 1.87 bits per heavy atom. The molecule has 7 nitrogen and oxygen atoms in total. The quantitative estimate of drug-likeness (QED) is 0.792. The second-order valence-corrected chi connectivity index (χ2v) is 9.91. The molecule has 2 amide bonds. The zero-order chi connectivity index (χ0) is 22.2. The number of benzene rings is 2. The summed E-state index contributed by atoms with van der Waals surface area (Å²) in [5.41, 5.74) is 4.13. The molecule has 0 bridgehead atoms. The average molecular weight is 430 g/mol. The third-order valence-electron chi connectivity index (χ3n) is 5.35. The molecule has 1 heterocycles. The molecular weight excluding hydrogens is 402 g/mol. The van der Waals surface area contributed by atoms with Crippen molar-refractivity contribution in [3.63, 3.8) is 0 Å². The summed E-state index contributed by atoms with van der Waals surface area (Å²) in [6.07, 6.45) is 0.592. The number of aryl methyl sites for hydroxylation is 2. The number of amides is 2. The van der Waals surface area contributed by atoms with Gasteiger partial charge in [0.25, 0.3) is 0 Å². The summed E-state index contributed by atoms with van der Waals surface area (Å²) in [4.78, 5) is 26.1. The minimum atomic E-state index is -3.85. The van der Waals surface area contributed by atoms with Gasteiger partial charge in [-0.2, -0.15) is 4.31 Å². The molecule has 30 heavy (non-hydrogen) atoms. The van der Waals surface area contributed by atoms with Crippen molar-refractivity contribution in [3.05, 3.63) is 53.1 Å². The van der Waals surface area contributed by atoms with Crippen LogP contribution in [0.2, 0.25) is 0 Å². The number of sulfonamides is 1. The van der Waals surface area contributed by atoms with Gasteiger partial charge >= 0.3 is 0 Å². The topological polar surface area (TPSA) is 86.8 Å². The molecule has 0 unspecified atom stereocenters. The number of hydrogen-bond donors (Lipinski definition) is 1.